The Hall–Kier alpha value is -3.27. The molecule has 0 saturated heterocycles. The maximum atomic E-state index is 15.3. The molecule has 0 aromatic heterocycles. The van der Waals surface area contributed by atoms with Crippen LogP contribution in [0.1, 0.15) is 17.5 Å². The third-order valence-corrected chi connectivity index (χ3v) is 7.71. The number of amides is 2. The Morgan fingerprint density at radius 1 is 1.21 bits per heavy atom. The van der Waals surface area contributed by atoms with E-state index in [-0.39, 0.29) is 55.5 Å². The molecule has 0 aliphatic heterocycles. The van der Waals surface area contributed by atoms with E-state index in [9.17, 15) is 39.6 Å². The molecule has 4 rings (SSSR count). The number of aliphatic hydroxyl groups is 3. The highest BCUT2D eigenvalue weighted by Gasteiger charge is 2.64. The number of nitrogens with zero attached hydrogens (tertiary/aromatic N) is 1. The lowest BCUT2D eigenvalue weighted by molar-refractivity contribution is -0.153. The predicted molar refractivity (Wildman–Crippen MR) is 152 cm³/mol. The number of nitrogens with one attached hydrogen (secondary N) is 2. The molecule has 0 heterocycles. The number of carbonyl (C=O) groups is 4. The predicted octanol–water partition coefficient (Wildman–Crippen LogP) is 0.121. The van der Waals surface area contributed by atoms with Gasteiger partial charge in [0.25, 0.3) is 5.91 Å². The van der Waals surface area contributed by atoms with Gasteiger partial charge in [0.1, 0.15) is 22.9 Å². The topological polar surface area (TPSA) is 212 Å². The molecule has 3 aliphatic carbocycles. The lowest BCUT2D eigenvalue weighted by Gasteiger charge is -2.50. The third-order valence-electron chi connectivity index (χ3n) is 7.71. The first-order valence-electron chi connectivity index (χ1n) is 12.5. The van der Waals surface area contributed by atoms with E-state index in [4.69, 9.17) is 10.5 Å². The van der Waals surface area contributed by atoms with Crippen molar-refractivity contribution in [1.82, 2.24) is 10.2 Å². The van der Waals surface area contributed by atoms with E-state index in [0.29, 0.717) is 13.2 Å². The second-order valence-corrected chi connectivity index (χ2v) is 10.3. The Morgan fingerprint density at radius 3 is 2.43 bits per heavy atom. The van der Waals surface area contributed by atoms with Gasteiger partial charge in [0, 0.05) is 36.8 Å². The number of methoxy groups -OCH3 is 1. The summed E-state index contributed by atoms with van der Waals surface area (Å²) in [5.41, 5.74) is 0.170. The van der Waals surface area contributed by atoms with Crippen LogP contribution in [0.5, 0.6) is 5.75 Å². The minimum atomic E-state index is -2.81. The van der Waals surface area contributed by atoms with Crippen molar-refractivity contribution in [2.24, 2.45) is 17.6 Å². The molecule has 8 N–H and O–H groups in total. The van der Waals surface area contributed by atoms with Gasteiger partial charge in [-0.3, -0.25) is 24.1 Å². The van der Waals surface area contributed by atoms with Crippen LogP contribution in [-0.4, -0.2) is 101 Å². The number of hydrogen-bond donors (Lipinski definition) is 7. The molecule has 1 aromatic rings. The zero-order valence-corrected chi connectivity index (χ0v) is 24.5. The molecule has 0 unspecified atom stereocenters. The first kappa shape index (κ1) is 34.9. The number of halogens is 3. The maximum Gasteiger partial charge on any atom is 0.255 e. The highest BCUT2D eigenvalue weighted by atomic mass is 35.5. The van der Waals surface area contributed by atoms with E-state index in [1.54, 1.807) is 0 Å². The summed E-state index contributed by atoms with van der Waals surface area (Å²) in [7, 11) is 4.45. The van der Waals surface area contributed by atoms with Gasteiger partial charge in [-0.1, -0.05) is 0 Å². The summed E-state index contributed by atoms with van der Waals surface area (Å²) in [4.78, 5) is 52.6. The van der Waals surface area contributed by atoms with Gasteiger partial charge < -0.3 is 41.5 Å². The monoisotopic (exact) mass is 634 g/mol. The van der Waals surface area contributed by atoms with E-state index in [0.717, 1.165) is 6.07 Å². The number of aromatic hydroxyl groups is 1. The molecule has 2 amide bonds. The molecule has 1 saturated carbocycles. The van der Waals surface area contributed by atoms with Crippen LogP contribution in [0.25, 0.3) is 5.76 Å². The van der Waals surface area contributed by atoms with Gasteiger partial charge in [0.05, 0.1) is 30.4 Å². The number of ether oxygens (including phenoxy) is 1. The average molecular weight is 635 g/mol. The standard InChI is InChI=1S/C26H31FN4O9.2ClH/c1-31(2)19-12-7-10-6-11-13(27)8-14(30-15(32)9-29-4-5-40-3)20(33)17(11)21(34)16(10)23(36)26(12,39)24(37)18(22(19)35)25(28)38;;/h8,10,12,19,29,33-34,37,39H,4-7,9H2,1-3H3,(H2,28,38)(H,30,32);2*1H/t10-,12-,19-,26-;;/m0../s1. The van der Waals surface area contributed by atoms with E-state index in [2.05, 4.69) is 10.6 Å². The molecular weight excluding hydrogens is 602 g/mol. The number of aliphatic hydroxyl groups excluding tert-OH is 2. The fraction of sp³-hybridized carbons (Fsp3) is 0.462. The molecule has 0 spiro atoms. The molecule has 1 fully saturated rings. The highest BCUT2D eigenvalue weighted by molar-refractivity contribution is 6.24. The fourth-order valence-corrected chi connectivity index (χ4v) is 5.93. The van der Waals surface area contributed by atoms with Crippen molar-refractivity contribution in [2.75, 3.05) is 46.2 Å². The number of phenolic OH excluding ortho intramolecular Hbond substituents is 1. The van der Waals surface area contributed by atoms with Gasteiger partial charge in [0.15, 0.2) is 17.1 Å². The second kappa shape index (κ2) is 12.9. The normalized spacial score (nSPS) is 24.8. The second-order valence-electron chi connectivity index (χ2n) is 10.3. The van der Waals surface area contributed by atoms with Gasteiger partial charge in [-0.25, -0.2) is 4.39 Å². The van der Waals surface area contributed by atoms with E-state index in [1.165, 1.54) is 26.1 Å². The van der Waals surface area contributed by atoms with Crippen molar-refractivity contribution in [2.45, 2.75) is 24.5 Å². The van der Waals surface area contributed by atoms with Gasteiger partial charge in [-0.05, 0) is 32.9 Å². The highest BCUT2D eigenvalue weighted by Crippen LogP contribution is 2.53. The molecule has 232 valence electrons. The minimum Gasteiger partial charge on any atom is -0.508 e. The van der Waals surface area contributed by atoms with Crippen LogP contribution in [0.4, 0.5) is 10.1 Å². The smallest absolute Gasteiger partial charge is 0.255 e. The van der Waals surface area contributed by atoms with Gasteiger partial charge in [-0.15, -0.1) is 24.8 Å². The summed E-state index contributed by atoms with van der Waals surface area (Å²) < 4.78 is 20.2. The Bertz CT molecular complexity index is 1380. The molecule has 3 aliphatic rings. The lowest BCUT2D eigenvalue weighted by atomic mass is 9.57. The number of rotatable bonds is 8. The van der Waals surface area contributed by atoms with E-state index >= 15 is 4.39 Å². The van der Waals surface area contributed by atoms with Crippen molar-refractivity contribution in [3.63, 3.8) is 0 Å². The van der Waals surface area contributed by atoms with E-state index in [1.807, 2.05) is 0 Å². The summed E-state index contributed by atoms with van der Waals surface area (Å²) in [6.07, 6.45) is -0.377. The number of carbonyl (C=O) groups excluding carboxylic acids is 4. The van der Waals surface area contributed by atoms with Crippen LogP contribution in [-0.2, 0) is 30.3 Å². The van der Waals surface area contributed by atoms with Crippen molar-refractivity contribution in [1.29, 1.82) is 0 Å². The number of fused-ring (bicyclic) bond motifs is 3. The molecule has 0 radical (unpaired) electrons. The van der Waals surface area contributed by atoms with Gasteiger partial charge in [-0.2, -0.15) is 0 Å². The van der Waals surface area contributed by atoms with Gasteiger partial charge >= 0.3 is 0 Å². The molecule has 0 bridgehead atoms. The summed E-state index contributed by atoms with van der Waals surface area (Å²) in [5, 5.41) is 49.7. The quantitative estimate of drug-likeness (QED) is 0.116. The Balaban J connectivity index is 0.00000308. The number of phenols is 1. The Labute approximate surface area is 252 Å². The van der Waals surface area contributed by atoms with Crippen molar-refractivity contribution >= 4 is 59.6 Å². The Kier molecular flexibility index (Phi) is 10.8. The number of Topliss-reactive ketones (excluding diaryl/α,β-unsaturated/α-hetero) is 2. The number of ketones is 2. The molecular formula is C26H33Cl2FN4O9. The van der Waals surface area contributed by atoms with Crippen LogP contribution in [0.15, 0.2) is 23.0 Å². The van der Waals surface area contributed by atoms with Crippen molar-refractivity contribution in [3.05, 3.63) is 39.9 Å². The molecule has 42 heavy (non-hydrogen) atoms. The van der Waals surface area contributed by atoms with Crippen molar-refractivity contribution in [3.8, 4) is 5.75 Å². The largest absolute Gasteiger partial charge is 0.508 e. The molecule has 4 atom stereocenters. The number of benzene rings is 1. The summed E-state index contributed by atoms with van der Waals surface area (Å²) >= 11 is 0. The number of nitrogens with two attached hydrogens (primary N) is 1. The summed E-state index contributed by atoms with van der Waals surface area (Å²) in [6, 6.07) is -0.355. The number of primary amides is 1. The lowest BCUT2D eigenvalue weighted by Crippen LogP contribution is -2.65. The minimum absolute atomic E-state index is 0. The number of hydrogen-bond acceptors (Lipinski definition) is 11. The first-order valence-corrected chi connectivity index (χ1v) is 12.5. The van der Waals surface area contributed by atoms with Crippen LogP contribution in [0.3, 0.4) is 0 Å². The van der Waals surface area contributed by atoms with Crippen LogP contribution < -0.4 is 16.4 Å². The van der Waals surface area contributed by atoms with Gasteiger partial charge in [0.2, 0.25) is 11.7 Å². The molecule has 1 aromatic carbocycles. The zero-order valence-electron chi connectivity index (χ0n) is 22.9. The molecule has 13 nitrogen and oxygen atoms in total. The van der Waals surface area contributed by atoms with Crippen LogP contribution in [0.2, 0.25) is 0 Å². The number of anilines is 1. The Morgan fingerprint density at radius 2 is 1.86 bits per heavy atom. The average Bonchev–Trinajstić information content (AvgIpc) is 2.86. The summed E-state index contributed by atoms with van der Waals surface area (Å²) in [6.45, 7) is 0.502. The third kappa shape index (κ3) is 5.45. The van der Waals surface area contributed by atoms with Crippen LogP contribution in [0, 0.1) is 17.7 Å². The SMILES string of the molecule is COCCNCC(=O)Nc1cc(F)c2c(c1O)C(O)=C1C(=O)[C@]3(O)C(O)=C(C(N)=O)C(=O)[C@@H](N(C)C)[C@@H]3C[C@@H]1C2.Cl.Cl. The molecule has 16 heteroatoms. The fourth-order valence-electron chi connectivity index (χ4n) is 5.93. The number of likely N-dealkylation sites (N-methyl/N-ethyl adjacent to an activating group) is 1. The zero-order chi connectivity index (χ0) is 29.7. The van der Waals surface area contributed by atoms with E-state index < -0.39 is 86.7 Å². The van der Waals surface area contributed by atoms with Crippen molar-refractivity contribution < 1.29 is 48.7 Å². The maximum absolute atomic E-state index is 15.3. The van der Waals surface area contributed by atoms with Crippen LogP contribution >= 0.6 is 24.8 Å². The summed E-state index contributed by atoms with van der Waals surface area (Å²) in [5.74, 6) is -9.94. The first-order chi connectivity index (χ1) is 18.8.